The molecular formula is C16H22N4O2. The van der Waals surface area contributed by atoms with Gasteiger partial charge in [0.15, 0.2) is 0 Å². The molecule has 1 aromatic carbocycles. The average molecular weight is 302 g/mol. The maximum atomic E-state index is 12.2. The van der Waals surface area contributed by atoms with Crippen LogP contribution >= 0.6 is 0 Å². The molecule has 0 aliphatic carbocycles. The maximum absolute atomic E-state index is 12.2. The molecule has 0 bridgehead atoms. The van der Waals surface area contributed by atoms with Gasteiger partial charge in [0.05, 0.1) is 6.61 Å². The molecule has 22 heavy (non-hydrogen) atoms. The molecule has 1 amide bonds. The molecule has 0 radical (unpaired) electrons. The summed E-state index contributed by atoms with van der Waals surface area (Å²) in [6.07, 6.45) is 5.47. The van der Waals surface area contributed by atoms with Crippen molar-refractivity contribution in [2.45, 2.75) is 19.3 Å². The Hall–Kier alpha value is -1.92. The topological polar surface area (TPSA) is 48.4 Å². The van der Waals surface area contributed by atoms with Crippen LogP contribution in [0.2, 0.25) is 0 Å². The lowest BCUT2D eigenvalue weighted by Crippen LogP contribution is -2.36. The predicted octanol–water partition coefficient (Wildman–Crippen LogP) is 1.76. The summed E-state index contributed by atoms with van der Waals surface area (Å²) in [5.41, 5.74) is 0.634. The van der Waals surface area contributed by atoms with Crippen LogP contribution in [0.4, 0.5) is 0 Å². The molecule has 2 aliphatic rings. The Bertz CT molecular complexity index is 514. The fourth-order valence-corrected chi connectivity index (χ4v) is 2.72. The minimum atomic E-state index is -0.112. The Kier molecular flexibility index (Phi) is 5.03. The Morgan fingerprint density at radius 3 is 2.68 bits per heavy atom. The summed E-state index contributed by atoms with van der Waals surface area (Å²) in [6, 6.07) is 9.16. The highest BCUT2D eigenvalue weighted by atomic mass is 16.7. The summed E-state index contributed by atoms with van der Waals surface area (Å²) in [5.74, 6) is -0.112. The van der Waals surface area contributed by atoms with Crippen LogP contribution < -0.4 is 0 Å². The van der Waals surface area contributed by atoms with Gasteiger partial charge in [0.2, 0.25) is 0 Å². The molecule has 0 atom stereocenters. The lowest BCUT2D eigenvalue weighted by molar-refractivity contribution is -0.109. The standard InChI is InChI=1S/C16H22N4O2/c21-16(15-7-3-1-4-8-15)20-14-19(13-17-20)22-12-11-18-9-5-2-6-10-18/h1,3-4,7-8,13H,2,5-6,9-12,14H2. The van der Waals surface area contributed by atoms with Crippen LogP contribution in [0.25, 0.3) is 0 Å². The van der Waals surface area contributed by atoms with E-state index in [1.54, 1.807) is 23.5 Å². The van der Waals surface area contributed by atoms with E-state index >= 15 is 0 Å². The van der Waals surface area contributed by atoms with Crippen molar-refractivity contribution in [3.63, 3.8) is 0 Å². The van der Waals surface area contributed by atoms with Gasteiger partial charge < -0.3 is 4.90 Å². The largest absolute Gasteiger partial charge is 0.301 e. The first-order valence-electron chi connectivity index (χ1n) is 7.86. The van der Waals surface area contributed by atoms with Gasteiger partial charge in [-0.25, -0.2) is 10.1 Å². The highest BCUT2D eigenvalue weighted by Gasteiger charge is 2.22. The molecule has 3 rings (SSSR count). The van der Waals surface area contributed by atoms with Crippen LogP contribution in [0.3, 0.4) is 0 Å². The van der Waals surface area contributed by atoms with E-state index in [2.05, 4.69) is 10.0 Å². The van der Waals surface area contributed by atoms with E-state index in [0.717, 1.165) is 19.6 Å². The van der Waals surface area contributed by atoms with E-state index in [4.69, 9.17) is 4.84 Å². The van der Waals surface area contributed by atoms with Crippen LogP contribution in [-0.4, -0.2) is 60.1 Å². The smallest absolute Gasteiger partial charge is 0.275 e. The fraction of sp³-hybridized carbons (Fsp3) is 0.500. The van der Waals surface area contributed by atoms with Gasteiger partial charge in [0, 0.05) is 12.1 Å². The number of likely N-dealkylation sites (tertiary alicyclic amines) is 1. The first kappa shape index (κ1) is 15.0. The van der Waals surface area contributed by atoms with Crippen LogP contribution in [-0.2, 0) is 4.84 Å². The highest BCUT2D eigenvalue weighted by Crippen LogP contribution is 2.11. The van der Waals surface area contributed by atoms with Crippen molar-refractivity contribution in [2.24, 2.45) is 5.10 Å². The third-order valence-corrected chi connectivity index (χ3v) is 3.96. The number of amides is 1. The second kappa shape index (κ2) is 7.38. The quantitative estimate of drug-likeness (QED) is 0.831. The number of hydrogen-bond donors (Lipinski definition) is 0. The SMILES string of the molecule is O=C(c1ccccc1)N1CN(OCCN2CCCCC2)C=N1. The van der Waals surface area contributed by atoms with Gasteiger partial charge in [-0.05, 0) is 38.1 Å². The maximum Gasteiger partial charge on any atom is 0.275 e. The summed E-state index contributed by atoms with van der Waals surface area (Å²) < 4.78 is 0. The molecule has 2 heterocycles. The second-order valence-electron chi connectivity index (χ2n) is 5.60. The molecule has 1 fully saturated rings. The zero-order valence-corrected chi connectivity index (χ0v) is 12.7. The molecule has 0 N–H and O–H groups in total. The fourth-order valence-electron chi connectivity index (χ4n) is 2.72. The summed E-state index contributed by atoms with van der Waals surface area (Å²) in [7, 11) is 0. The number of nitrogens with zero attached hydrogens (tertiary/aromatic N) is 4. The van der Waals surface area contributed by atoms with Gasteiger partial charge in [0.1, 0.15) is 13.0 Å². The summed E-state index contributed by atoms with van der Waals surface area (Å²) in [4.78, 5) is 20.3. The highest BCUT2D eigenvalue weighted by molar-refractivity contribution is 5.94. The molecule has 0 unspecified atom stereocenters. The molecule has 0 aromatic heterocycles. The second-order valence-corrected chi connectivity index (χ2v) is 5.60. The molecule has 0 spiro atoms. The molecule has 6 heteroatoms. The van der Waals surface area contributed by atoms with E-state index in [0.29, 0.717) is 18.8 Å². The third-order valence-electron chi connectivity index (χ3n) is 3.96. The molecule has 0 saturated carbocycles. The number of hydroxylamine groups is 2. The number of hydrazone groups is 1. The Labute approximate surface area is 130 Å². The number of carbonyl (C=O) groups is 1. The number of hydrogen-bond acceptors (Lipinski definition) is 5. The first-order chi connectivity index (χ1) is 10.8. The van der Waals surface area contributed by atoms with Crippen molar-refractivity contribution in [2.75, 3.05) is 32.9 Å². The minimum Gasteiger partial charge on any atom is -0.301 e. The van der Waals surface area contributed by atoms with Crippen LogP contribution in [0.1, 0.15) is 29.6 Å². The van der Waals surface area contributed by atoms with Crippen molar-refractivity contribution >= 4 is 12.2 Å². The third kappa shape index (κ3) is 3.84. The summed E-state index contributed by atoms with van der Waals surface area (Å²) >= 11 is 0. The van der Waals surface area contributed by atoms with E-state index in [-0.39, 0.29) is 5.91 Å². The minimum absolute atomic E-state index is 0.112. The number of carbonyl (C=O) groups excluding carboxylic acids is 1. The van der Waals surface area contributed by atoms with Crippen molar-refractivity contribution in [3.05, 3.63) is 35.9 Å². The number of benzene rings is 1. The molecule has 1 aromatic rings. The monoisotopic (exact) mass is 302 g/mol. The Morgan fingerprint density at radius 1 is 1.14 bits per heavy atom. The van der Waals surface area contributed by atoms with Gasteiger partial charge in [-0.2, -0.15) is 5.10 Å². The van der Waals surface area contributed by atoms with Crippen molar-refractivity contribution in [3.8, 4) is 0 Å². The van der Waals surface area contributed by atoms with Gasteiger partial charge in [0.25, 0.3) is 5.91 Å². The summed E-state index contributed by atoms with van der Waals surface area (Å²) in [6.45, 7) is 4.22. The van der Waals surface area contributed by atoms with Gasteiger partial charge >= 0.3 is 0 Å². The van der Waals surface area contributed by atoms with E-state index in [9.17, 15) is 4.79 Å². The van der Waals surface area contributed by atoms with E-state index in [1.807, 2.05) is 18.2 Å². The zero-order chi connectivity index (χ0) is 15.2. The van der Waals surface area contributed by atoms with Crippen molar-refractivity contribution < 1.29 is 9.63 Å². The Balaban J connectivity index is 1.41. The van der Waals surface area contributed by atoms with E-state index < -0.39 is 0 Å². The van der Waals surface area contributed by atoms with Gasteiger partial charge in [-0.1, -0.05) is 24.6 Å². The lowest BCUT2D eigenvalue weighted by Gasteiger charge is -2.26. The number of piperidine rings is 1. The lowest BCUT2D eigenvalue weighted by atomic mass is 10.1. The first-order valence-corrected chi connectivity index (χ1v) is 7.86. The van der Waals surface area contributed by atoms with Crippen LogP contribution in [0.5, 0.6) is 0 Å². The van der Waals surface area contributed by atoms with Crippen LogP contribution in [0, 0.1) is 0 Å². The summed E-state index contributed by atoms with van der Waals surface area (Å²) in [5, 5.41) is 7.13. The Morgan fingerprint density at radius 2 is 1.91 bits per heavy atom. The molecule has 118 valence electrons. The predicted molar refractivity (Wildman–Crippen MR) is 84.1 cm³/mol. The van der Waals surface area contributed by atoms with Crippen molar-refractivity contribution in [1.82, 2.24) is 15.0 Å². The molecular weight excluding hydrogens is 280 g/mol. The average Bonchev–Trinajstić information content (AvgIpc) is 3.05. The zero-order valence-electron chi connectivity index (χ0n) is 12.7. The van der Waals surface area contributed by atoms with E-state index in [1.165, 1.54) is 24.3 Å². The number of rotatable bonds is 5. The molecule has 6 nitrogen and oxygen atoms in total. The van der Waals surface area contributed by atoms with Gasteiger partial charge in [-0.15, -0.1) is 0 Å². The van der Waals surface area contributed by atoms with Crippen molar-refractivity contribution in [1.29, 1.82) is 0 Å². The van der Waals surface area contributed by atoms with Gasteiger partial charge in [-0.3, -0.25) is 9.63 Å². The van der Waals surface area contributed by atoms with Crippen LogP contribution in [0.15, 0.2) is 35.4 Å². The molecule has 2 aliphatic heterocycles. The normalized spacial score (nSPS) is 18.9. The molecule has 1 saturated heterocycles.